The minimum Gasteiger partial charge on any atom is -0.378 e. The molecule has 1 aromatic rings. The third-order valence-corrected chi connectivity index (χ3v) is 7.27. The number of ether oxygens (including phenoxy) is 1. The number of amides is 1. The summed E-state index contributed by atoms with van der Waals surface area (Å²) in [5.74, 6) is 0.804. The van der Waals surface area contributed by atoms with Crippen LogP contribution in [0.3, 0.4) is 0 Å². The van der Waals surface area contributed by atoms with Crippen molar-refractivity contribution < 1.29 is 9.53 Å². The van der Waals surface area contributed by atoms with Crippen molar-refractivity contribution in [1.82, 2.24) is 19.3 Å². The normalized spacial score (nSPS) is 30.4. The van der Waals surface area contributed by atoms with Gasteiger partial charge < -0.3 is 14.2 Å². The predicted octanol–water partition coefficient (Wildman–Crippen LogP) is 0.720. The molecule has 1 aromatic heterocycles. The summed E-state index contributed by atoms with van der Waals surface area (Å²) < 4.78 is 7.58. The van der Waals surface area contributed by atoms with Gasteiger partial charge in [-0.1, -0.05) is 6.07 Å². The Hall–Kier alpha value is -1.70. The molecule has 29 heavy (non-hydrogen) atoms. The number of morpholine rings is 1. The van der Waals surface area contributed by atoms with E-state index in [0.717, 1.165) is 56.9 Å². The number of pyridine rings is 1. The standard InChI is InChI=1S/C22H32N4O3/c1-23-8-9-29-15-20(23)22(28)25-11-16-10-18(14-25)19-5-4-17(21(27)26(19)12-16)13-24-6-2-3-7-24/h4-5,16,18,20H,2-3,6-15H2,1H3/t16-,18+,20+/m0/s1. The molecule has 4 aliphatic rings. The first-order valence-corrected chi connectivity index (χ1v) is 11.1. The van der Waals surface area contributed by atoms with Crippen LogP contribution in [0.5, 0.6) is 0 Å². The highest BCUT2D eigenvalue weighted by Gasteiger charge is 2.39. The second-order valence-corrected chi connectivity index (χ2v) is 9.30. The van der Waals surface area contributed by atoms with Crippen LogP contribution in [0.4, 0.5) is 0 Å². The quantitative estimate of drug-likeness (QED) is 0.748. The van der Waals surface area contributed by atoms with E-state index in [0.29, 0.717) is 25.7 Å². The number of likely N-dealkylation sites (tertiary alicyclic amines) is 2. The van der Waals surface area contributed by atoms with Crippen LogP contribution in [0.2, 0.25) is 0 Å². The molecule has 5 heterocycles. The summed E-state index contributed by atoms with van der Waals surface area (Å²) in [6.45, 7) is 7.15. The summed E-state index contributed by atoms with van der Waals surface area (Å²) >= 11 is 0. The highest BCUT2D eigenvalue weighted by molar-refractivity contribution is 5.82. The van der Waals surface area contributed by atoms with Crippen LogP contribution in [0.1, 0.15) is 36.4 Å². The zero-order chi connectivity index (χ0) is 20.0. The maximum absolute atomic E-state index is 13.2. The summed E-state index contributed by atoms with van der Waals surface area (Å²) in [4.78, 5) is 32.8. The highest BCUT2D eigenvalue weighted by Crippen LogP contribution is 2.35. The molecule has 3 saturated heterocycles. The van der Waals surface area contributed by atoms with Crippen molar-refractivity contribution in [3.05, 3.63) is 33.7 Å². The van der Waals surface area contributed by atoms with Gasteiger partial charge in [0, 0.05) is 49.9 Å². The maximum atomic E-state index is 13.2. The van der Waals surface area contributed by atoms with Crippen LogP contribution in [-0.2, 0) is 22.6 Å². The zero-order valence-corrected chi connectivity index (χ0v) is 17.4. The largest absolute Gasteiger partial charge is 0.378 e. The summed E-state index contributed by atoms with van der Waals surface area (Å²) in [7, 11) is 2.01. The van der Waals surface area contributed by atoms with E-state index in [1.165, 1.54) is 12.8 Å². The number of hydrogen-bond donors (Lipinski definition) is 0. The van der Waals surface area contributed by atoms with Gasteiger partial charge in [-0.3, -0.25) is 19.4 Å². The Morgan fingerprint density at radius 1 is 1.14 bits per heavy atom. The van der Waals surface area contributed by atoms with Gasteiger partial charge in [-0.2, -0.15) is 0 Å². The fourth-order valence-electron chi connectivity index (χ4n) is 5.63. The SMILES string of the molecule is CN1CCOC[C@@H]1C(=O)N1C[C@@H]2C[C@H](C1)c1ccc(CN3CCCC3)c(=O)n1C2. The van der Waals surface area contributed by atoms with E-state index in [4.69, 9.17) is 4.74 Å². The Labute approximate surface area is 172 Å². The van der Waals surface area contributed by atoms with E-state index in [1.807, 2.05) is 22.6 Å². The first kappa shape index (κ1) is 19.3. The first-order chi connectivity index (χ1) is 14.1. The molecular weight excluding hydrogens is 368 g/mol. The van der Waals surface area contributed by atoms with Crippen molar-refractivity contribution >= 4 is 5.91 Å². The second-order valence-electron chi connectivity index (χ2n) is 9.30. The molecule has 3 fully saturated rings. The summed E-state index contributed by atoms with van der Waals surface area (Å²) in [5, 5.41) is 0. The van der Waals surface area contributed by atoms with Crippen LogP contribution in [-0.4, -0.2) is 84.2 Å². The van der Waals surface area contributed by atoms with Crippen LogP contribution in [0.15, 0.2) is 16.9 Å². The van der Waals surface area contributed by atoms with Gasteiger partial charge in [0.25, 0.3) is 5.56 Å². The van der Waals surface area contributed by atoms with Gasteiger partial charge >= 0.3 is 0 Å². The van der Waals surface area contributed by atoms with Crippen molar-refractivity contribution in [3.63, 3.8) is 0 Å². The topological polar surface area (TPSA) is 58.0 Å². The van der Waals surface area contributed by atoms with Crippen LogP contribution in [0, 0.1) is 5.92 Å². The van der Waals surface area contributed by atoms with Crippen LogP contribution in [0.25, 0.3) is 0 Å². The number of carbonyl (C=O) groups excluding carboxylic acids is 1. The molecule has 158 valence electrons. The van der Waals surface area contributed by atoms with Gasteiger partial charge in [0.15, 0.2) is 0 Å². The molecule has 0 radical (unpaired) electrons. The molecule has 0 aromatic carbocycles. The Bertz CT molecular complexity index is 832. The lowest BCUT2D eigenvalue weighted by molar-refractivity contribution is -0.144. The molecule has 0 spiro atoms. The minimum atomic E-state index is -0.174. The van der Waals surface area contributed by atoms with E-state index in [-0.39, 0.29) is 23.4 Å². The second kappa shape index (κ2) is 7.85. The molecule has 7 nitrogen and oxygen atoms in total. The lowest BCUT2D eigenvalue weighted by atomic mass is 9.82. The van der Waals surface area contributed by atoms with Gasteiger partial charge in [0.1, 0.15) is 6.04 Å². The monoisotopic (exact) mass is 400 g/mol. The van der Waals surface area contributed by atoms with E-state index in [9.17, 15) is 9.59 Å². The summed E-state index contributed by atoms with van der Waals surface area (Å²) in [6.07, 6.45) is 3.55. The molecule has 3 atom stereocenters. The molecule has 2 bridgehead atoms. The average molecular weight is 401 g/mol. The Morgan fingerprint density at radius 2 is 1.97 bits per heavy atom. The number of fused-ring (bicyclic) bond motifs is 4. The number of hydrogen-bond acceptors (Lipinski definition) is 5. The number of likely N-dealkylation sites (N-methyl/N-ethyl adjacent to an activating group) is 1. The molecule has 0 unspecified atom stereocenters. The first-order valence-electron chi connectivity index (χ1n) is 11.1. The number of nitrogens with zero attached hydrogens (tertiary/aromatic N) is 4. The molecule has 5 rings (SSSR count). The number of piperidine rings is 1. The van der Waals surface area contributed by atoms with Crippen molar-refractivity contribution in [2.24, 2.45) is 5.92 Å². The maximum Gasteiger partial charge on any atom is 0.255 e. The highest BCUT2D eigenvalue weighted by atomic mass is 16.5. The van der Waals surface area contributed by atoms with Gasteiger partial charge in [0.05, 0.1) is 13.2 Å². The summed E-state index contributed by atoms with van der Waals surface area (Å²) in [5.41, 5.74) is 2.22. The lowest BCUT2D eigenvalue weighted by Crippen LogP contribution is -2.57. The minimum absolute atomic E-state index is 0.174. The van der Waals surface area contributed by atoms with E-state index in [2.05, 4.69) is 15.9 Å². The van der Waals surface area contributed by atoms with Crippen molar-refractivity contribution in [2.45, 2.75) is 44.3 Å². The molecular formula is C22H32N4O3. The Balaban J connectivity index is 1.34. The Morgan fingerprint density at radius 3 is 2.76 bits per heavy atom. The van der Waals surface area contributed by atoms with Gasteiger partial charge in [-0.15, -0.1) is 0 Å². The smallest absolute Gasteiger partial charge is 0.255 e. The number of aromatic nitrogens is 1. The van der Waals surface area contributed by atoms with Gasteiger partial charge in [-0.05, 0) is 51.4 Å². The lowest BCUT2D eigenvalue weighted by Gasteiger charge is -2.45. The van der Waals surface area contributed by atoms with Crippen molar-refractivity contribution in [3.8, 4) is 0 Å². The zero-order valence-electron chi connectivity index (χ0n) is 17.4. The van der Waals surface area contributed by atoms with E-state index in [1.54, 1.807) is 0 Å². The van der Waals surface area contributed by atoms with Gasteiger partial charge in [-0.25, -0.2) is 0 Å². The molecule has 0 saturated carbocycles. The summed E-state index contributed by atoms with van der Waals surface area (Å²) in [6, 6.07) is 4.01. The fraction of sp³-hybridized carbons (Fsp3) is 0.727. The molecule has 1 amide bonds. The van der Waals surface area contributed by atoms with Crippen LogP contribution >= 0.6 is 0 Å². The van der Waals surface area contributed by atoms with Crippen molar-refractivity contribution in [1.29, 1.82) is 0 Å². The molecule has 7 heteroatoms. The van der Waals surface area contributed by atoms with E-state index >= 15 is 0 Å². The third-order valence-electron chi connectivity index (χ3n) is 7.27. The average Bonchev–Trinajstić information content (AvgIpc) is 3.23. The predicted molar refractivity (Wildman–Crippen MR) is 110 cm³/mol. The van der Waals surface area contributed by atoms with Crippen LogP contribution < -0.4 is 5.56 Å². The number of rotatable bonds is 3. The molecule has 0 N–H and O–H groups in total. The molecule has 4 aliphatic heterocycles. The van der Waals surface area contributed by atoms with E-state index < -0.39 is 0 Å². The van der Waals surface area contributed by atoms with Crippen molar-refractivity contribution in [2.75, 3.05) is 53.0 Å². The Kier molecular flexibility index (Phi) is 5.22. The van der Waals surface area contributed by atoms with Gasteiger partial charge in [0.2, 0.25) is 5.91 Å². The third kappa shape index (κ3) is 3.64. The number of carbonyl (C=O) groups is 1. The fourth-order valence-corrected chi connectivity index (χ4v) is 5.63. The molecule has 0 aliphatic carbocycles.